The minimum absolute atomic E-state index is 0.187. The van der Waals surface area contributed by atoms with Crippen molar-refractivity contribution in [3.05, 3.63) is 71.3 Å². The van der Waals surface area contributed by atoms with Crippen molar-refractivity contribution in [1.82, 2.24) is 0 Å². The van der Waals surface area contributed by atoms with E-state index in [1.54, 1.807) is 48.5 Å². The van der Waals surface area contributed by atoms with Crippen LogP contribution in [0.4, 0.5) is 0 Å². The van der Waals surface area contributed by atoms with E-state index in [1.807, 2.05) is 6.07 Å². The summed E-state index contributed by atoms with van der Waals surface area (Å²) in [4.78, 5) is 12.2. The molecule has 0 atom stereocenters. The van der Waals surface area contributed by atoms with E-state index in [0.29, 0.717) is 16.7 Å². The predicted octanol–water partition coefficient (Wildman–Crippen LogP) is 1.95. The molecule has 0 heterocycles. The molecule has 0 spiro atoms. The lowest BCUT2D eigenvalue weighted by Crippen LogP contribution is -2.05. The second-order valence-corrected chi connectivity index (χ2v) is 4.42. The summed E-state index contributed by atoms with van der Waals surface area (Å²) in [5.41, 5.74) is 1.32. The molecule has 0 radical (unpaired) electrons. The van der Waals surface area contributed by atoms with Gasteiger partial charge in [0.05, 0.1) is 5.37 Å². The van der Waals surface area contributed by atoms with E-state index in [9.17, 15) is 13.2 Å². The first-order valence-electron chi connectivity index (χ1n) is 5.30. The van der Waals surface area contributed by atoms with Gasteiger partial charge in [-0.15, -0.1) is 0 Å². The SMILES string of the molecule is O=C(c1ccccc1)c1ccccc1C=S(=O)=O. The molecule has 0 N–H and O–H groups in total. The lowest BCUT2D eigenvalue weighted by atomic mass is 9.99. The van der Waals surface area contributed by atoms with E-state index in [2.05, 4.69) is 0 Å². The minimum Gasteiger partial charge on any atom is -0.289 e. The van der Waals surface area contributed by atoms with Crippen molar-refractivity contribution in [2.24, 2.45) is 0 Å². The van der Waals surface area contributed by atoms with Gasteiger partial charge >= 0.3 is 0 Å². The van der Waals surface area contributed by atoms with Crippen molar-refractivity contribution < 1.29 is 13.2 Å². The first-order chi connectivity index (χ1) is 8.68. The minimum atomic E-state index is -2.33. The Hall–Kier alpha value is -2.20. The van der Waals surface area contributed by atoms with Gasteiger partial charge in [0.15, 0.2) is 5.78 Å². The van der Waals surface area contributed by atoms with Crippen molar-refractivity contribution >= 4 is 21.4 Å². The molecule has 0 bridgehead atoms. The van der Waals surface area contributed by atoms with Gasteiger partial charge in [-0.2, -0.15) is 8.42 Å². The smallest absolute Gasteiger partial charge is 0.214 e. The van der Waals surface area contributed by atoms with Gasteiger partial charge in [0, 0.05) is 16.7 Å². The van der Waals surface area contributed by atoms with Crippen LogP contribution < -0.4 is 0 Å². The van der Waals surface area contributed by atoms with Crippen LogP contribution in [-0.2, 0) is 10.3 Å². The first kappa shape index (κ1) is 12.3. The largest absolute Gasteiger partial charge is 0.289 e. The van der Waals surface area contributed by atoms with Crippen molar-refractivity contribution in [2.75, 3.05) is 0 Å². The number of rotatable bonds is 3. The molecule has 0 aliphatic rings. The zero-order valence-corrected chi connectivity index (χ0v) is 10.2. The number of hydrogen-bond donors (Lipinski definition) is 0. The highest BCUT2D eigenvalue weighted by molar-refractivity contribution is 7.71. The highest BCUT2D eigenvalue weighted by Crippen LogP contribution is 2.13. The van der Waals surface area contributed by atoms with Gasteiger partial charge in [-0.25, -0.2) is 0 Å². The Morgan fingerprint density at radius 2 is 1.50 bits per heavy atom. The number of hydrogen-bond acceptors (Lipinski definition) is 3. The van der Waals surface area contributed by atoms with Crippen molar-refractivity contribution in [3.63, 3.8) is 0 Å². The summed E-state index contributed by atoms with van der Waals surface area (Å²) in [6.07, 6.45) is 0. The van der Waals surface area contributed by atoms with E-state index >= 15 is 0 Å². The fraction of sp³-hybridized carbons (Fsp3) is 0. The highest BCUT2D eigenvalue weighted by Gasteiger charge is 2.11. The summed E-state index contributed by atoms with van der Waals surface area (Å²) in [6, 6.07) is 15.4. The Labute approximate surface area is 106 Å². The lowest BCUT2D eigenvalue weighted by molar-refractivity contribution is 0.103. The number of carbonyl (C=O) groups is 1. The second-order valence-electron chi connectivity index (χ2n) is 3.66. The third kappa shape index (κ3) is 2.73. The quantitative estimate of drug-likeness (QED) is 0.624. The molecule has 0 fully saturated rings. The van der Waals surface area contributed by atoms with Gasteiger partial charge in [-0.3, -0.25) is 4.79 Å². The molecular formula is C14H10O3S. The first-order valence-corrected chi connectivity index (χ1v) is 6.44. The molecule has 2 aromatic carbocycles. The standard InChI is InChI=1S/C14H10O3S/c15-14(11-6-2-1-3-7-11)13-9-5-4-8-12(13)10-18(16)17/h1-10H. The third-order valence-corrected chi connectivity index (χ3v) is 2.91. The van der Waals surface area contributed by atoms with E-state index < -0.39 is 10.3 Å². The topological polar surface area (TPSA) is 51.2 Å². The van der Waals surface area contributed by atoms with Crippen LogP contribution in [0.1, 0.15) is 21.5 Å². The molecule has 0 aliphatic heterocycles. The van der Waals surface area contributed by atoms with Gasteiger partial charge in [-0.1, -0.05) is 54.6 Å². The van der Waals surface area contributed by atoms with Crippen LogP contribution in [0.3, 0.4) is 0 Å². The fourth-order valence-electron chi connectivity index (χ4n) is 1.66. The normalized spacial score (nSPS) is 9.78. The van der Waals surface area contributed by atoms with Crippen molar-refractivity contribution in [1.29, 1.82) is 0 Å². The van der Waals surface area contributed by atoms with Gasteiger partial charge in [0.2, 0.25) is 10.3 Å². The lowest BCUT2D eigenvalue weighted by Gasteiger charge is -2.03. The second kappa shape index (κ2) is 5.42. The monoisotopic (exact) mass is 258 g/mol. The molecule has 0 unspecified atom stereocenters. The van der Waals surface area contributed by atoms with Crippen LogP contribution in [0.2, 0.25) is 0 Å². The van der Waals surface area contributed by atoms with Gasteiger partial charge in [0.1, 0.15) is 0 Å². The fourth-order valence-corrected chi connectivity index (χ4v) is 2.07. The zero-order valence-electron chi connectivity index (χ0n) is 9.41. The maximum atomic E-state index is 12.2. The molecule has 2 rings (SSSR count). The number of carbonyl (C=O) groups excluding carboxylic acids is 1. The van der Waals surface area contributed by atoms with Gasteiger partial charge < -0.3 is 0 Å². The third-order valence-electron chi connectivity index (χ3n) is 2.46. The molecule has 0 aliphatic carbocycles. The Bertz CT molecular complexity index is 693. The van der Waals surface area contributed by atoms with Gasteiger partial charge in [0.25, 0.3) is 0 Å². The van der Waals surface area contributed by atoms with E-state index in [1.165, 1.54) is 0 Å². The predicted molar refractivity (Wildman–Crippen MR) is 70.4 cm³/mol. The van der Waals surface area contributed by atoms with E-state index in [4.69, 9.17) is 0 Å². The molecule has 18 heavy (non-hydrogen) atoms. The maximum absolute atomic E-state index is 12.2. The van der Waals surface area contributed by atoms with Crippen LogP contribution in [0.5, 0.6) is 0 Å². The summed E-state index contributed by atoms with van der Waals surface area (Å²) < 4.78 is 21.4. The molecule has 3 nitrogen and oxygen atoms in total. The molecule has 0 saturated heterocycles. The summed E-state index contributed by atoms with van der Waals surface area (Å²) in [5, 5.41) is 1.04. The van der Waals surface area contributed by atoms with E-state index in [0.717, 1.165) is 5.37 Å². The molecule has 0 aromatic heterocycles. The molecule has 90 valence electrons. The average Bonchev–Trinajstić information content (AvgIpc) is 2.39. The molecule has 0 saturated carbocycles. The van der Waals surface area contributed by atoms with Gasteiger partial charge in [-0.05, 0) is 0 Å². The number of ketones is 1. The highest BCUT2D eigenvalue weighted by atomic mass is 32.2. The maximum Gasteiger partial charge on any atom is 0.214 e. The molecule has 0 amide bonds. The Morgan fingerprint density at radius 1 is 0.889 bits per heavy atom. The summed E-state index contributed by atoms with van der Waals surface area (Å²) in [5.74, 6) is -0.187. The average molecular weight is 258 g/mol. The van der Waals surface area contributed by atoms with Crippen LogP contribution in [0.25, 0.3) is 0 Å². The summed E-state index contributed by atoms with van der Waals surface area (Å²) >= 11 is 0. The van der Waals surface area contributed by atoms with Crippen molar-refractivity contribution in [3.8, 4) is 0 Å². The summed E-state index contributed by atoms with van der Waals surface area (Å²) in [6.45, 7) is 0. The Morgan fingerprint density at radius 3 is 2.17 bits per heavy atom. The Kier molecular flexibility index (Phi) is 3.69. The molecular weight excluding hydrogens is 248 g/mol. The molecule has 4 heteroatoms. The van der Waals surface area contributed by atoms with Crippen LogP contribution in [0.15, 0.2) is 54.6 Å². The summed E-state index contributed by atoms with van der Waals surface area (Å²) in [7, 11) is -2.33. The van der Waals surface area contributed by atoms with Crippen LogP contribution >= 0.6 is 0 Å². The zero-order chi connectivity index (χ0) is 13.0. The van der Waals surface area contributed by atoms with E-state index in [-0.39, 0.29) is 5.78 Å². The number of benzene rings is 2. The van der Waals surface area contributed by atoms with Crippen molar-refractivity contribution in [2.45, 2.75) is 0 Å². The molecule has 2 aromatic rings. The van der Waals surface area contributed by atoms with Crippen LogP contribution in [-0.4, -0.2) is 19.6 Å². The Balaban J connectivity index is 2.53. The van der Waals surface area contributed by atoms with Crippen LogP contribution in [0, 0.1) is 0 Å².